The first kappa shape index (κ1) is 14.8. The van der Waals surface area contributed by atoms with Gasteiger partial charge in [-0.25, -0.2) is 5.14 Å². The van der Waals surface area contributed by atoms with Gasteiger partial charge in [-0.1, -0.05) is 6.07 Å². The number of nitrogens with two attached hydrogens (primary N) is 2. The SMILES string of the molecule is Cc1c(N)cccc1C(=O)N1CCN(S(N)(=O)=O)CC1. The zero-order chi connectivity index (χ0) is 14.9. The third-order valence-electron chi connectivity index (χ3n) is 3.49. The highest BCUT2D eigenvalue weighted by atomic mass is 32.2. The van der Waals surface area contributed by atoms with Crippen molar-refractivity contribution in [2.75, 3.05) is 31.9 Å². The van der Waals surface area contributed by atoms with Crippen LogP contribution in [0.25, 0.3) is 0 Å². The molecule has 1 aromatic carbocycles. The van der Waals surface area contributed by atoms with Crippen LogP contribution in [0, 0.1) is 6.92 Å². The molecule has 4 N–H and O–H groups in total. The van der Waals surface area contributed by atoms with Gasteiger partial charge in [0.1, 0.15) is 0 Å². The van der Waals surface area contributed by atoms with E-state index in [-0.39, 0.29) is 19.0 Å². The van der Waals surface area contributed by atoms with E-state index in [4.69, 9.17) is 10.9 Å². The summed E-state index contributed by atoms with van der Waals surface area (Å²) in [5, 5.41) is 5.07. The van der Waals surface area contributed by atoms with Gasteiger partial charge in [0.2, 0.25) is 0 Å². The van der Waals surface area contributed by atoms with Crippen LogP contribution in [0.1, 0.15) is 15.9 Å². The highest BCUT2D eigenvalue weighted by Gasteiger charge is 2.27. The number of carbonyl (C=O) groups is 1. The van der Waals surface area contributed by atoms with Gasteiger partial charge in [0.25, 0.3) is 16.1 Å². The number of hydrogen-bond acceptors (Lipinski definition) is 4. The van der Waals surface area contributed by atoms with Crippen molar-refractivity contribution in [1.82, 2.24) is 9.21 Å². The monoisotopic (exact) mass is 298 g/mol. The van der Waals surface area contributed by atoms with Crippen molar-refractivity contribution in [3.8, 4) is 0 Å². The Morgan fingerprint density at radius 2 is 1.80 bits per heavy atom. The van der Waals surface area contributed by atoms with Crippen molar-refractivity contribution in [2.24, 2.45) is 5.14 Å². The highest BCUT2D eigenvalue weighted by molar-refractivity contribution is 7.86. The lowest BCUT2D eigenvalue weighted by Crippen LogP contribution is -2.52. The molecule has 0 atom stereocenters. The van der Waals surface area contributed by atoms with E-state index < -0.39 is 10.2 Å². The number of nitrogen functional groups attached to an aromatic ring is 1. The molecule has 20 heavy (non-hydrogen) atoms. The first-order valence-electron chi connectivity index (χ1n) is 6.23. The molecule has 1 aromatic rings. The van der Waals surface area contributed by atoms with Crippen molar-refractivity contribution in [3.63, 3.8) is 0 Å². The number of amides is 1. The van der Waals surface area contributed by atoms with Crippen LogP contribution >= 0.6 is 0 Å². The van der Waals surface area contributed by atoms with Crippen LogP contribution in [0.5, 0.6) is 0 Å². The van der Waals surface area contributed by atoms with Crippen molar-refractivity contribution < 1.29 is 13.2 Å². The maximum absolute atomic E-state index is 12.4. The van der Waals surface area contributed by atoms with E-state index in [1.165, 1.54) is 4.31 Å². The van der Waals surface area contributed by atoms with Crippen molar-refractivity contribution in [2.45, 2.75) is 6.92 Å². The number of hydrogen-bond donors (Lipinski definition) is 2. The zero-order valence-electron chi connectivity index (χ0n) is 11.2. The van der Waals surface area contributed by atoms with E-state index in [1.54, 1.807) is 30.0 Å². The minimum absolute atomic E-state index is 0.135. The fraction of sp³-hybridized carbons (Fsp3) is 0.417. The Bertz CT molecular complexity index is 622. The van der Waals surface area contributed by atoms with Crippen LogP contribution in [-0.2, 0) is 10.2 Å². The van der Waals surface area contributed by atoms with E-state index in [2.05, 4.69) is 0 Å². The molecule has 1 saturated heterocycles. The molecule has 1 fully saturated rings. The van der Waals surface area contributed by atoms with E-state index in [0.717, 1.165) is 5.56 Å². The quantitative estimate of drug-likeness (QED) is 0.720. The lowest BCUT2D eigenvalue weighted by atomic mass is 10.1. The van der Waals surface area contributed by atoms with Crippen molar-refractivity contribution >= 4 is 21.8 Å². The molecule has 0 unspecified atom stereocenters. The normalized spacial score (nSPS) is 17.2. The number of rotatable bonds is 2. The molecule has 1 aliphatic rings. The number of nitrogens with zero attached hydrogens (tertiary/aromatic N) is 2. The number of benzene rings is 1. The zero-order valence-corrected chi connectivity index (χ0v) is 12.1. The molecule has 2 rings (SSSR count). The molecule has 0 aromatic heterocycles. The molecular weight excluding hydrogens is 280 g/mol. The van der Waals surface area contributed by atoms with Gasteiger partial charge in [-0.2, -0.15) is 12.7 Å². The first-order valence-corrected chi connectivity index (χ1v) is 7.73. The van der Waals surface area contributed by atoms with Gasteiger partial charge in [-0.05, 0) is 24.6 Å². The number of anilines is 1. The summed E-state index contributed by atoms with van der Waals surface area (Å²) in [6.45, 7) is 2.87. The molecule has 0 bridgehead atoms. The maximum Gasteiger partial charge on any atom is 0.277 e. The first-order chi connectivity index (χ1) is 9.30. The van der Waals surface area contributed by atoms with E-state index in [1.807, 2.05) is 0 Å². The van der Waals surface area contributed by atoms with E-state index >= 15 is 0 Å². The van der Waals surface area contributed by atoms with Crippen molar-refractivity contribution in [1.29, 1.82) is 0 Å². The second-order valence-corrected chi connectivity index (χ2v) is 6.30. The van der Waals surface area contributed by atoms with Gasteiger partial charge in [-0.3, -0.25) is 4.79 Å². The molecule has 110 valence electrons. The smallest absolute Gasteiger partial charge is 0.277 e. The molecule has 0 saturated carbocycles. The predicted octanol–water partition coefficient (Wildman–Crippen LogP) is -0.461. The van der Waals surface area contributed by atoms with E-state index in [0.29, 0.717) is 24.3 Å². The summed E-state index contributed by atoms with van der Waals surface area (Å²) in [6, 6.07) is 5.20. The number of carbonyl (C=O) groups excluding carboxylic acids is 1. The summed E-state index contributed by atoms with van der Waals surface area (Å²) < 4.78 is 23.6. The predicted molar refractivity (Wildman–Crippen MR) is 76.2 cm³/mol. The highest BCUT2D eigenvalue weighted by Crippen LogP contribution is 2.18. The van der Waals surface area contributed by atoms with Gasteiger partial charge in [-0.15, -0.1) is 0 Å². The Morgan fingerprint density at radius 3 is 2.35 bits per heavy atom. The fourth-order valence-electron chi connectivity index (χ4n) is 2.20. The minimum atomic E-state index is -3.68. The Balaban J connectivity index is 2.11. The topological polar surface area (TPSA) is 110 Å². The maximum atomic E-state index is 12.4. The molecule has 8 heteroatoms. The van der Waals surface area contributed by atoms with Crippen molar-refractivity contribution in [3.05, 3.63) is 29.3 Å². The molecule has 0 aliphatic carbocycles. The van der Waals surface area contributed by atoms with Gasteiger partial charge >= 0.3 is 0 Å². The van der Waals surface area contributed by atoms with Gasteiger partial charge in [0.05, 0.1) is 0 Å². The lowest BCUT2D eigenvalue weighted by Gasteiger charge is -2.33. The van der Waals surface area contributed by atoms with Crippen LogP contribution < -0.4 is 10.9 Å². The molecule has 1 aliphatic heterocycles. The number of piperazine rings is 1. The Labute approximate surface area is 118 Å². The summed E-state index contributed by atoms with van der Waals surface area (Å²) in [6.07, 6.45) is 0. The van der Waals surface area contributed by atoms with E-state index in [9.17, 15) is 13.2 Å². The van der Waals surface area contributed by atoms with Crippen LogP contribution in [0.15, 0.2) is 18.2 Å². The third kappa shape index (κ3) is 2.92. The second kappa shape index (κ2) is 5.39. The molecule has 1 heterocycles. The third-order valence-corrected chi connectivity index (χ3v) is 4.58. The van der Waals surface area contributed by atoms with Crippen LogP contribution in [-0.4, -0.2) is 49.7 Å². The Kier molecular flexibility index (Phi) is 3.98. The molecule has 0 spiro atoms. The average molecular weight is 298 g/mol. The standard InChI is InChI=1S/C12H18N4O3S/c1-9-10(3-2-4-11(9)13)12(17)15-5-7-16(8-6-15)20(14,18)19/h2-4H,5-8,13H2,1H3,(H2,14,18,19). The molecular formula is C12H18N4O3S. The van der Waals surface area contributed by atoms with Crippen LogP contribution in [0.2, 0.25) is 0 Å². The largest absolute Gasteiger partial charge is 0.398 e. The average Bonchev–Trinajstić information content (AvgIpc) is 2.40. The van der Waals surface area contributed by atoms with Gasteiger partial charge in [0.15, 0.2) is 0 Å². The minimum Gasteiger partial charge on any atom is -0.398 e. The van der Waals surface area contributed by atoms with Crippen LogP contribution in [0.3, 0.4) is 0 Å². The molecule has 7 nitrogen and oxygen atoms in total. The molecule has 1 amide bonds. The van der Waals surface area contributed by atoms with Gasteiger partial charge < -0.3 is 10.6 Å². The van der Waals surface area contributed by atoms with Gasteiger partial charge in [0, 0.05) is 37.4 Å². The molecule has 0 radical (unpaired) electrons. The second-order valence-electron chi connectivity index (χ2n) is 4.76. The summed E-state index contributed by atoms with van der Waals surface area (Å²) in [5.41, 5.74) is 7.65. The lowest BCUT2D eigenvalue weighted by molar-refractivity contribution is 0.0697. The summed E-state index contributed by atoms with van der Waals surface area (Å²) >= 11 is 0. The van der Waals surface area contributed by atoms with Crippen LogP contribution in [0.4, 0.5) is 5.69 Å². The Hall–Kier alpha value is -1.64. The summed E-state index contributed by atoms with van der Waals surface area (Å²) in [5.74, 6) is -0.135. The summed E-state index contributed by atoms with van der Waals surface area (Å²) in [7, 11) is -3.68. The fourth-order valence-corrected chi connectivity index (χ4v) is 2.87. The summed E-state index contributed by atoms with van der Waals surface area (Å²) in [4.78, 5) is 14.0. The Morgan fingerprint density at radius 1 is 1.20 bits per heavy atom.